The number of hydrogen-bond acceptors (Lipinski definition) is 3. The Morgan fingerprint density at radius 3 is 2.25 bits per heavy atom. The zero-order valence-electron chi connectivity index (χ0n) is 16.8. The van der Waals surface area contributed by atoms with Gasteiger partial charge in [0.2, 0.25) is 5.11 Å². The highest BCUT2D eigenvalue weighted by molar-refractivity contribution is 7.80. The molecule has 1 N–H and O–H groups in total. The third kappa shape index (κ3) is 3.18. The first-order chi connectivity index (χ1) is 13.5. The van der Waals surface area contributed by atoms with Crippen LogP contribution in [0.15, 0.2) is 47.5 Å². The first kappa shape index (κ1) is 18.9. The lowest BCUT2D eigenvalue weighted by Gasteiger charge is -2.43. The van der Waals surface area contributed by atoms with E-state index in [9.17, 15) is 0 Å². The van der Waals surface area contributed by atoms with Crippen molar-refractivity contribution in [3.8, 4) is 5.75 Å². The van der Waals surface area contributed by atoms with Gasteiger partial charge in [-0.2, -0.15) is 0 Å². The van der Waals surface area contributed by atoms with Crippen molar-refractivity contribution in [1.82, 2.24) is 0 Å². The number of thiocarbonyl (C=S) groups is 1. The van der Waals surface area contributed by atoms with E-state index in [1.54, 1.807) is 7.11 Å². The molecule has 28 heavy (non-hydrogen) atoms. The number of ether oxygens (including phenoxy) is 1. The molecule has 1 aliphatic heterocycles. The third-order valence-electron chi connectivity index (χ3n) is 6.00. The van der Waals surface area contributed by atoms with Crippen molar-refractivity contribution in [2.45, 2.75) is 51.5 Å². The maximum absolute atomic E-state index is 5.76. The highest BCUT2D eigenvalue weighted by Gasteiger charge is 2.49. The molecule has 0 amide bonds. The maximum Gasteiger partial charge on any atom is 0.202 e. The Hall–Kier alpha value is -2.40. The Bertz CT molecular complexity index is 894. The summed E-state index contributed by atoms with van der Waals surface area (Å²) in [5.74, 6) is 1.84. The monoisotopic (exact) mass is 393 g/mol. The molecule has 0 bridgehead atoms. The number of methoxy groups -OCH3 is 1. The lowest BCUT2D eigenvalue weighted by atomic mass is 9.79. The van der Waals surface area contributed by atoms with Crippen molar-refractivity contribution in [2.24, 2.45) is 4.99 Å². The van der Waals surface area contributed by atoms with Crippen molar-refractivity contribution in [2.75, 3.05) is 17.3 Å². The molecule has 1 fully saturated rings. The molecule has 2 aromatic rings. The summed E-state index contributed by atoms with van der Waals surface area (Å²) in [6, 6.07) is 14.5. The zero-order chi connectivity index (χ0) is 19.7. The lowest BCUT2D eigenvalue weighted by molar-refractivity contribution is 0.386. The number of aliphatic imine (C=N–C) groups is 1. The van der Waals surface area contributed by atoms with E-state index < -0.39 is 0 Å². The van der Waals surface area contributed by atoms with E-state index in [-0.39, 0.29) is 5.54 Å². The van der Waals surface area contributed by atoms with Crippen LogP contribution in [0.2, 0.25) is 0 Å². The number of aryl methyl sites for hydroxylation is 2. The van der Waals surface area contributed by atoms with Gasteiger partial charge in [0, 0.05) is 11.4 Å². The summed E-state index contributed by atoms with van der Waals surface area (Å²) < 4.78 is 5.33. The van der Waals surface area contributed by atoms with Crippen molar-refractivity contribution in [3.05, 3.63) is 53.6 Å². The minimum atomic E-state index is -0.196. The fraction of sp³-hybridized carbons (Fsp3) is 0.391. The van der Waals surface area contributed by atoms with E-state index in [0.29, 0.717) is 5.11 Å². The Morgan fingerprint density at radius 2 is 1.64 bits per heavy atom. The van der Waals surface area contributed by atoms with Gasteiger partial charge in [-0.25, -0.2) is 4.99 Å². The average molecular weight is 394 g/mol. The molecule has 2 aliphatic rings. The van der Waals surface area contributed by atoms with E-state index in [2.05, 4.69) is 54.4 Å². The van der Waals surface area contributed by atoms with E-state index in [0.717, 1.165) is 35.8 Å². The molecule has 1 aliphatic carbocycles. The largest absolute Gasteiger partial charge is 0.497 e. The number of nitrogens with zero attached hydrogens (tertiary/aromatic N) is 2. The molecule has 4 nitrogen and oxygen atoms in total. The van der Waals surface area contributed by atoms with Crippen LogP contribution in [-0.2, 0) is 0 Å². The predicted octanol–water partition coefficient (Wildman–Crippen LogP) is 5.63. The molecular weight excluding hydrogens is 366 g/mol. The highest BCUT2D eigenvalue weighted by Crippen LogP contribution is 2.42. The van der Waals surface area contributed by atoms with Gasteiger partial charge >= 0.3 is 0 Å². The average Bonchev–Trinajstić information content (AvgIpc) is 2.96. The summed E-state index contributed by atoms with van der Waals surface area (Å²) in [6.07, 6.45) is 5.74. The Kier molecular flexibility index (Phi) is 5.11. The molecule has 0 saturated heterocycles. The van der Waals surface area contributed by atoms with Crippen molar-refractivity contribution >= 4 is 34.5 Å². The molecular formula is C23H27N3OS. The summed E-state index contributed by atoms with van der Waals surface area (Å²) >= 11 is 5.76. The van der Waals surface area contributed by atoms with Gasteiger partial charge in [-0.1, -0.05) is 37.5 Å². The quantitative estimate of drug-likeness (QED) is 0.686. The molecule has 1 saturated carbocycles. The number of hydrogen-bond donors (Lipinski definition) is 1. The van der Waals surface area contributed by atoms with Crippen LogP contribution >= 0.6 is 12.2 Å². The Labute approximate surface area is 172 Å². The van der Waals surface area contributed by atoms with Gasteiger partial charge < -0.3 is 15.0 Å². The number of para-hydroxylation sites is 1. The first-order valence-corrected chi connectivity index (χ1v) is 10.4. The van der Waals surface area contributed by atoms with Crippen LogP contribution in [0.25, 0.3) is 0 Å². The number of nitrogens with one attached hydrogen (secondary N) is 1. The van der Waals surface area contributed by atoms with Gasteiger partial charge in [0.1, 0.15) is 17.1 Å². The van der Waals surface area contributed by atoms with E-state index in [1.807, 2.05) is 12.1 Å². The standard InChI is InChI=1S/C23H27N3OS/c1-16-8-7-9-17(2)20(16)24-21-23(14-5-4-6-15-23)26(22(28)25-21)18-10-12-19(27-3)13-11-18/h7-13H,4-6,14-15H2,1-3H3,(H,24,25,28). The van der Waals surface area contributed by atoms with Gasteiger partial charge in [-0.05, 0) is 74.3 Å². The number of amidine groups is 1. The van der Waals surface area contributed by atoms with Crippen molar-refractivity contribution in [1.29, 1.82) is 0 Å². The smallest absolute Gasteiger partial charge is 0.202 e. The summed E-state index contributed by atoms with van der Waals surface area (Å²) in [5.41, 5.74) is 4.48. The molecule has 0 radical (unpaired) electrons. The van der Waals surface area contributed by atoms with Crippen LogP contribution in [0, 0.1) is 13.8 Å². The van der Waals surface area contributed by atoms with Crippen LogP contribution in [0.4, 0.5) is 11.4 Å². The summed E-state index contributed by atoms with van der Waals surface area (Å²) in [5, 5.41) is 4.33. The van der Waals surface area contributed by atoms with Crippen LogP contribution in [0.1, 0.15) is 43.2 Å². The van der Waals surface area contributed by atoms with E-state index >= 15 is 0 Å². The van der Waals surface area contributed by atoms with Crippen LogP contribution < -0.4 is 15.0 Å². The van der Waals surface area contributed by atoms with E-state index in [1.165, 1.54) is 30.4 Å². The Balaban J connectivity index is 1.74. The first-order valence-electron chi connectivity index (χ1n) is 9.96. The second-order valence-electron chi connectivity index (χ2n) is 7.76. The second kappa shape index (κ2) is 7.55. The van der Waals surface area contributed by atoms with Crippen molar-refractivity contribution < 1.29 is 4.74 Å². The number of anilines is 2. The molecule has 2 aromatic carbocycles. The van der Waals surface area contributed by atoms with Crippen molar-refractivity contribution in [3.63, 3.8) is 0 Å². The summed E-state index contributed by atoms with van der Waals surface area (Å²) in [7, 11) is 1.69. The van der Waals surface area contributed by atoms with E-state index in [4.69, 9.17) is 21.9 Å². The summed E-state index contributed by atoms with van der Waals surface area (Å²) in [6.45, 7) is 4.27. The molecule has 5 heteroatoms. The number of rotatable bonds is 3. The van der Waals surface area contributed by atoms with Crippen LogP contribution in [-0.4, -0.2) is 23.6 Å². The predicted molar refractivity (Wildman–Crippen MR) is 121 cm³/mol. The van der Waals surface area contributed by atoms with Crippen LogP contribution in [0.5, 0.6) is 5.75 Å². The summed E-state index contributed by atoms with van der Waals surface area (Å²) in [4.78, 5) is 7.14. The number of benzene rings is 2. The highest BCUT2D eigenvalue weighted by atomic mass is 32.1. The van der Waals surface area contributed by atoms with Gasteiger partial charge in [0.25, 0.3) is 0 Å². The van der Waals surface area contributed by atoms with Crippen LogP contribution in [0.3, 0.4) is 0 Å². The SMILES string of the molecule is COc1ccc(N2C(=S)N=C(Nc3c(C)cccc3C)C23CCCCC3)cc1. The Morgan fingerprint density at radius 1 is 1.00 bits per heavy atom. The van der Waals surface area contributed by atoms with Gasteiger partial charge in [-0.15, -0.1) is 0 Å². The van der Waals surface area contributed by atoms with Gasteiger partial charge in [0.05, 0.1) is 7.11 Å². The minimum absolute atomic E-state index is 0.196. The third-order valence-corrected chi connectivity index (χ3v) is 6.28. The molecule has 1 heterocycles. The fourth-order valence-electron chi connectivity index (χ4n) is 4.50. The normalized spacial score (nSPS) is 18.3. The second-order valence-corrected chi connectivity index (χ2v) is 8.13. The maximum atomic E-state index is 5.76. The molecule has 1 spiro atoms. The molecule has 0 aromatic heterocycles. The van der Waals surface area contributed by atoms with Gasteiger partial charge in [0.15, 0.2) is 0 Å². The molecule has 0 unspecified atom stereocenters. The molecule has 146 valence electrons. The topological polar surface area (TPSA) is 36.9 Å². The van der Waals surface area contributed by atoms with Gasteiger partial charge in [-0.3, -0.25) is 0 Å². The fourth-order valence-corrected chi connectivity index (χ4v) is 4.87. The minimum Gasteiger partial charge on any atom is -0.497 e. The molecule has 4 rings (SSSR count). The lowest BCUT2D eigenvalue weighted by Crippen LogP contribution is -2.55. The molecule has 0 atom stereocenters. The zero-order valence-corrected chi connectivity index (χ0v) is 17.6.